The quantitative estimate of drug-likeness (QED) is 0.522. The minimum Gasteiger partial charge on any atom is -0.314 e. The molecule has 10 heavy (non-hydrogen) atoms. The number of halogens is 1. The molecule has 1 N–H and O–H groups in total. The third kappa shape index (κ3) is 6.56. The van der Waals surface area contributed by atoms with Crippen molar-refractivity contribution in [1.82, 2.24) is 5.32 Å². The van der Waals surface area contributed by atoms with Crippen molar-refractivity contribution in [3.63, 3.8) is 0 Å². The van der Waals surface area contributed by atoms with Crippen LogP contribution in [0, 0.1) is 0 Å². The summed E-state index contributed by atoms with van der Waals surface area (Å²) in [7, 11) is 0. The summed E-state index contributed by atoms with van der Waals surface area (Å²) < 4.78 is 0. The van der Waals surface area contributed by atoms with Crippen molar-refractivity contribution in [1.29, 1.82) is 0 Å². The zero-order valence-corrected chi connectivity index (χ0v) is 8.58. The maximum Gasteiger partial charge on any atom is 0.00360 e. The number of unbranched alkanes of at least 4 members (excludes halogenated alkanes) is 1. The molecular weight excluding hydrogens is 190 g/mol. The molecule has 1 nitrogen and oxygen atoms in total. The highest BCUT2D eigenvalue weighted by Gasteiger charge is 1.94. The number of hydrogen-bond acceptors (Lipinski definition) is 1. The van der Waals surface area contributed by atoms with Gasteiger partial charge in [0.1, 0.15) is 0 Å². The van der Waals surface area contributed by atoms with Gasteiger partial charge in [-0.1, -0.05) is 22.9 Å². The largest absolute Gasteiger partial charge is 0.314 e. The van der Waals surface area contributed by atoms with Crippen LogP contribution in [0.2, 0.25) is 0 Å². The summed E-state index contributed by atoms with van der Waals surface area (Å²) in [4.78, 5) is 0. The van der Waals surface area contributed by atoms with Crippen molar-refractivity contribution >= 4 is 15.9 Å². The van der Waals surface area contributed by atoms with Crippen molar-refractivity contribution in [3.05, 3.63) is 0 Å². The molecule has 2 heteroatoms. The molecule has 0 aliphatic heterocycles. The minimum atomic E-state index is 0.690. The third-order valence-corrected chi connectivity index (χ3v) is 2.23. The number of nitrogens with one attached hydrogen (secondary N) is 1. The second kappa shape index (κ2) is 7.55. The molecule has 0 fully saturated rings. The van der Waals surface area contributed by atoms with E-state index in [1.165, 1.54) is 25.8 Å². The van der Waals surface area contributed by atoms with Crippen LogP contribution in [0.3, 0.4) is 0 Å². The molecule has 0 aromatic carbocycles. The van der Waals surface area contributed by atoms with Crippen LogP contribution in [0.25, 0.3) is 0 Å². The van der Waals surface area contributed by atoms with Crippen LogP contribution in [0.15, 0.2) is 0 Å². The first-order valence-electron chi connectivity index (χ1n) is 4.10. The Morgan fingerprint density at radius 1 is 1.40 bits per heavy atom. The Balaban J connectivity index is 2.89. The van der Waals surface area contributed by atoms with Gasteiger partial charge in [-0.3, -0.25) is 0 Å². The SMILES string of the molecule is CCC(C)NCCCCBr. The van der Waals surface area contributed by atoms with E-state index in [-0.39, 0.29) is 0 Å². The van der Waals surface area contributed by atoms with E-state index in [2.05, 4.69) is 35.1 Å². The first kappa shape index (κ1) is 10.4. The lowest BCUT2D eigenvalue weighted by molar-refractivity contribution is 0.522. The molecule has 0 saturated carbocycles. The lowest BCUT2D eigenvalue weighted by Crippen LogP contribution is -2.25. The van der Waals surface area contributed by atoms with Gasteiger partial charge in [0.25, 0.3) is 0 Å². The highest BCUT2D eigenvalue weighted by Crippen LogP contribution is 1.93. The second-order valence-electron chi connectivity index (χ2n) is 2.66. The molecule has 0 bridgehead atoms. The van der Waals surface area contributed by atoms with Crippen molar-refractivity contribution in [2.24, 2.45) is 0 Å². The van der Waals surface area contributed by atoms with E-state index in [4.69, 9.17) is 0 Å². The van der Waals surface area contributed by atoms with E-state index in [0.717, 1.165) is 5.33 Å². The van der Waals surface area contributed by atoms with Gasteiger partial charge in [0.15, 0.2) is 0 Å². The van der Waals surface area contributed by atoms with Gasteiger partial charge in [-0.05, 0) is 32.7 Å². The van der Waals surface area contributed by atoms with Gasteiger partial charge in [0, 0.05) is 11.4 Å². The summed E-state index contributed by atoms with van der Waals surface area (Å²) in [6, 6.07) is 0.690. The molecule has 0 heterocycles. The summed E-state index contributed by atoms with van der Waals surface area (Å²) >= 11 is 3.41. The molecule has 1 unspecified atom stereocenters. The van der Waals surface area contributed by atoms with Gasteiger partial charge >= 0.3 is 0 Å². The Labute approximate surface area is 72.7 Å². The molecule has 0 saturated heterocycles. The van der Waals surface area contributed by atoms with Crippen molar-refractivity contribution < 1.29 is 0 Å². The highest BCUT2D eigenvalue weighted by atomic mass is 79.9. The van der Waals surface area contributed by atoms with E-state index in [0.29, 0.717) is 6.04 Å². The fourth-order valence-electron chi connectivity index (χ4n) is 0.712. The molecule has 0 aromatic heterocycles. The van der Waals surface area contributed by atoms with Crippen LogP contribution < -0.4 is 5.32 Å². The third-order valence-electron chi connectivity index (χ3n) is 1.67. The van der Waals surface area contributed by atoms with Gasteiger partial charge in [-0.15, -0.1) is 0 Å². The topological polar surface area (TPSA) is 12.0 Å². The van der Waals surface area contributed by atoms with Crippen molar-refractivity contribution in [2.75, 3.05) is 11.9 Å². The lowest BCUT2D eigenvalue weighted by Gasteiger charge is -2.09. The normalized spacial score (nSPS) is 13.5. The molecule has 62 valence electrons. The van der Waals surface area contributed by atoms with E-state index in [9.17, 15) is 0 Å². The predicted molar refractivity (Wildman–Crippen MR) is 50.8 cm³/mol. The minimum absolute atomic E-state index is 0.690. The second-order valence-corrected chi connectivity index (χ2v) is 3.45. The standard InChI is InChI=1S/C8H18BrN/c1-3-8(2)10-7-5-4-6-9/h8,10H,3-7H2,1-2H3. The molecular formula is C8H18BrN. The van der Waals surface area contributed by atoms with Crippen LogP contribution in [0.4, 0.5) is 0 Å². The van der Waals surface area contributed by atoms with E-state index in [1.54, 1.807) is 0 Å². The van der Waals surface area contributed by atoms with Crippen molar-refractivity contribution in [2.45, 2.75) is 39.2 Å². The van der Waals surface area contributed by atoms with E-state index < -0.39 is 0 Å². The molecule has 0 spiro atoms. The summed E-state index contributed by atoms with van der Waals surface area (Å²) in [5, 5.41) is 4.58. The zero-order chi connectivity index (χ0) is 7.82. The summed E-state index contributed by atoms with van der Waals surface area (Å²) in [6.45, 7) is 5.61. The molecule has 0 amide bonds. The maximum atomic E-state index is 3.45. The van der Waals surface area contributed by atoms with Crippen LogP contribution >= 0.6 is 15.9 Å². The lowest BCUT2D eigenvalue weighted by atomic mass is 10.2. The van der Waals surface area contributed by atoms with Crippen LogP contribution in [0.5, 0.6) is 0 Å². The van der Waals surface area contributed by atoms with Gasteiger partial charge in [-0.2, -0.15) is 0 Å². The Morgan fingerprint density at radius 2 is 2.10 bits per heavy atom. The molecule has 0 rings (SSSR count). The van der Waals surface area contributed by atoms with Gasteiger partial charge in [-0.25, -0.2) is 0 Å². The van der Waals surface area contributed by atoms with Crippen LogP contribution in [-0.4, -0.2) is 17.9 Å². The zero-order valence-electron chi connectivity index (χ0n) is 6.99. The summed E-state index contributed by atoms with van der Waals surface area (Å²) in [6.07, 6.45) is 3.80. The average Bonchev–Trinajstić information content (AvgIpc) is 1.98. The smallest absolute Gasteiger partial charge is 0.00360 e. The maximum absolute atomic E-state index is 3.45. The average molecular weight is 208 g/mol. The highest BCUT2D eigenvalue weighted by molar-refractivity contribution is 9.09. The Bertz CT molecular complexity index is 66.3. The predicted octanol–water partition coefficient (Wildman–Crippen LogP) is 2.55. The Kier molecular flexibility index (Phi) is 7.88. The molecule has 0 aromatic rings. The van der Waals surface area contributed by atoms with Gasteiger partial charge in [0.2, 0.25) is 0 Å². The first-order chi connectivity index (χ1) is 4.81. The number of alkyl halides is 1. The monoisotopic (exact) mass is 207 g/mol. The number of hydrogen-bond donors (Lipinski definition) is 1. The van der Waals surface area contributed by atoms with E-state index >= 15 is 0 Å². The Morgan fingerprint density at radius 3 is 2.60 bits per heavy atom. The summed E-state index contributed by atoms with van der Waals surface area (Å²) in [5.41, 5.74) is 0. The molecule has 1 atom stereocenters. The first-order valence-corrected chi connectivity index (χ1v) is 5.22. The Hall–Kier alpha value is 0.440. The fraction of sp³-hybridized carbons (Fsp3) is 1.00. The van der Waals surface area contributed by atoms with Crippen LogP contribution in [0.1, 0.15) is 33.1 Å². The molecule has 0 aliphatic carbocycles. The van der Waals surface area contributed by atoms with Crippen molar-refractivity contribution in [3.8, 4) is 0 Å². The van der Waals surface area contributed by atoms with Gasteiger partial charge < -0.3 is 5.32 Å². The van der Waals surface area contributed by atoms with Crippen LogP contribution in [-0.2, 0) is 0 Å². The molecule has 0 aliphatic rings. The number of rotatable bonds is 6. The summed E-state index contributed by atoms with van der Waals surface area (Å²) in [5.74, 6) is 0. The molecule has 0 radical (unpaired) electrons. The van der Waals surface area contributed by atoms with E-state index in [1.807, 2.05) is 0 Å². The fourth-order valence-corrected chi connectivity index (χ4v) is 1.11. The van der Waals surface area contributed by atoms with Gasteiger partial charge in [0.05, 0.1) is 0 Å².